The van der Waals surface area contributed by atoms with E-state index in [1.54, 1.807) is 6.92 Å². The summed E-state index contributed by atoms with van der Waals surface area (Å²) in [5.74, 6) is 0. The molecule has 4 heterocycles. The quantitative estimate of drug-likeness (QED) is 0.421. The lowest BCUT2D eigenvalue weighted by Gasteiger charge is -2.39. The number of hydrogen-bond donors (Lipinski definition) is 4. The minimum atomic E-state index is -2.78. The van der Waals surface area contributed by atoms with Crippen molar-refractivity contribution in [1.29, 1.82) is 0 Å². The predicted molar refractivity (Wildman–Crippen MR) is 60.8 cm³/mol. The van der Waals surface area contributed by atoms with E-state index in [-0.39, 0.29) is 0 Å². The van der Waals surface area contributed by atoms with Crippen LogP contribution in [0.2, 0.25) is 0 Å². The molecule has 7 atom stereocenters. The van der Waals surface area contributed by atoms with E-state index in [9.17, 15) is 20.2 Å². The van der Waals surface area contributed by atoms with Crippen molar-refractivity contribution < 1.29 is 37.2 Å². The van der Waals surface area contributed by atoms with E-state index in [0.29, 0.717) is 13.0 Å². The zero-order valence-corrected chi connectivity index (χ0v) is 11.4. The molecule has 10 heteroatoms. The summed E-state index contributed by atoms with van der Waals surface area (Å²) in [4.78, 5) is 9.56. The monoisotopic (exact) mass is 302 g/mol. The van der Waals surface area contributed by atoms with Crippen LogP contribution >= 0.6 is 16.4 Å². The van der Waals surface area contributed by atoms with Crippen molar-refractivity contribution in [3.05, 3.63) is 0 Å². The summed E-state index contributed by atoms with van der Waals surface area (Å²) in [6.45, 7) is 2.03. The molecule has 0 aromatic heterocycles. The first-order valence-electron chi connectivity index (χ1n) is 5.65. The van der Waals surface area contributed by atoms with Gasteiger partial charge >= 0.3 is 16.4 Å². The van der Waals surface area contributed by atoms with Gasteiger partial charge in [-0.3, -0.25) is 0 Å². The molecular weight excluding hydrogens is 286 g/mol. The summed E-state index contributed by atoms with van der Waals surface area (Å²) in [7, 11) is -3.94. The van der Waals surface area contributed by atoms with Gasteiger partial charge in [-0.25, -0.2) is 4.89 Å². The Morgan fingerprint density at radius 2 is 1.94 bits per heavy atom. The molecule has 2 fully saturated rings. The van der Waals surface area contributed by atoms with Gasteiger partial charge in [-0.1, -0.05) is 3.98 Å². The molecule has 0 aromatic rings. The summed E-state index contributed by atoms with van der Waals surface area (Å²) >= 11 is 0. The smallest absolute Gasteiger partial charge is 0.388 e. The maximum Gasteiger partial charge on any atom is 0.907 e. The molecule has 4 N–H and O–H groups in total. The minimum Gasteiger partial charge on any atom is -0.388 e. The molecule has 104 valence electrons. The Morgan fingerprint density at radius 1 is 1.28 bits per heavy atom. The molecule has 4 aliphatic rings. The van der Waals surface area contributed by atoms with Crippen LogP contribution < -0.4 is 0 Å². The predicted octanol–water partition coefficient (Wildman–Crippen LogP) is -0.294. The third kappa shape index (κ3) is 1.88. The molecule has 0 aliphatic carbocycles. The molecule has 8 nitrogen and oxygen atoms in total. The van der Waals surface area contributed by atoms with Crippen LogP contribution in [-0.2, 0) is 17.0 Å². The zero-order valence-electron chi connectivity index (χ0n) is 9.62. The van der Waals surface area contributed by atoms with Gasteiger partial charge in [0.2, 0.25) is 0 Å². The molecule has 0 amide bonds. The highest BCUT2D eigenvalue weighted by Crippen LogP contribution is 2.93. The second-order valence-electron chi connectivity index (χ2n) is 4.54. The Bertz CT molecular complexity index is 403. The summed E-state index contributed by atoms with van der Waals surface area (Å²) in [6.07, 6.45) is -4.18. The third-order valence-corrected chi connectivity index (χ3v) is 8.29. The van der Waals surface area contributed by atoms with Gasteiger partial charge in [0.25, 0.3) is 0 Å². The SMILES string of the molecule is C[C@@H]1O[C@@H](CC[O+]2P3OP2(O)=[O+]3)[C@@H](O)[C@H](O)[C@@H]1O. The number of aliphatic hydroxyl groups is 3. The van der Waals surface area contributed by atoms with Gasteiger partial charge in [-0.05, 0) is 11.2 Å². The van der Waals surface area contributed by atoms with E-state index in [1.807, 2.05) is 0 Å². The van der Waals surface area contributed by atoms with E-state index >= 15 is 0 Å². The van der Waals surface area contributed by atoms with E-state index in [2.05, 4.69) is 3.94 Å². The van der Waals surface area contributed by atoms with Gasteiger partial charge in [0.1, 0.15) is 18.3 Å². The van der Waals surface area contributed by atoms with Crippen LogP contribution in [0, 0.1) is 0 Å². The van der Waals surface area contributed by atoms with Crippen molar-refractivity contribution in [2.24, 2.45) is 0 Å². The summed E-state index contributed by atoms with van der Waals surface area (Å²) in [5.41, 5.74) is 0. The lowest BCUT2D eigenvalue weighted by Crippen LogP contribution is -2.56. The number of rotatable bonds is 3. The maximum absolute atomic E-state index is 9.80. The molecule has 0 radical (unpaired) electrons. The van der Waals surface area contributed by atoms with E-state index in [4.69, 9.17) is 13.0 Å². The van der Waals surface area contributed by atoms with Crippen LogP contribution in [0.3, 0.4) is 0 Å². The zero-order chi connectivity index (χ0) is 13.1. The van der Waals surface area contributed by atoms with Gasteiger partial charge in [0, 0.05) is 6.42 Å². The third-order valence-electron chi connectivity index (χ3n) is 3.31. The molecule has 2 unspecified atom stereocenters. The van der Waals surface area contributed by atoms with Gasteiger partial charge < -0.3 is 20.1 Å². The van der Waals surface area contributed by atoms with Crippen molar-refractivity contribution in [2.45, 2.75) is 43.9 Å². The topological polar surface area (TPSA) is 113 Å². The van der Waals surface area contributed by atoms with E-state index in [1.165, 1.54) is 0 Å². The Kier molecular flexibility index (Phi) is 3.30. The van der Waals surface area contributed by atoms with Crippen molar-refractivity contribution in [2.75, 3.05) is 6.61 Å². The minimum absolute atomic E-state index is 0.396. The summed E-state index contributed by atoms with van der Waals surface area (Å²) in [6, 6.07) is 0. The van der Waals surface area contributed by atoms with Crippen molar-refractivity contribution in [3.8, 4) is 0 Å². The van der Waals surface area contributed by atoms with Crippen LogP contribution in [0.1, 0.15) is 13.3 Å². The number of ether oxygens (including phenoxy) is 1. The van der Waals surface area contributed by atoms with Gasteiger partial charge in [-0.2, -0.15) is 3.94 Å². The maximum atomic E-state index is 9.80. The van der Waals surface area contributed by atoms with Crippen LogP contribution in [0.15, 0.2) is 0 Å². The highest BCUT2D eigenvalue weighted by Gasteiger charge is 2.94. The van der Waals surface area contributed by atoms with Crippen LogP contribution in [0.4, 0.5) is 0 Å². The summed E-state index contributed by atoms with van der Waals surface area (Å²) < 4.78 is 17.9. The first kappa shape index (κ1) is 13.4. The Morgan fingerprint density at radius 3 is 2.44 bits per heavy atom. The molecule has 4 rings (SSSR count). The molecule has 0 aromatic carbocycles. The van der Waals surface area contributed by atoms with Crippen LogP contribution in [0.5, 0.6) is 0 Å². The molecule has 2 bridgehead atoms. The van der Waals surface area contributed by atoms with Crippen molar-refractivity contribution in [3.63, 3.8) is 0 Å². The number of hydrogen-bond acceptors (Lipinski definition) is 5. The van der Waals surface area contributed by atoms with E-state index in [0.717, 1.165) is 0 Å². The largest absolute Gasteiger partial charge is 0.907 e. The summed E-state index contributed by atoms with van der Waals surface area (Å²) in [5, 5.41) is 29.0. The van der Waals surface area contributed by atoms with Crippen LogP contribution in [0.25, 0.3) is 0 Å². The second-order valence-corrected chi connectivity index (χ2v) is 8.40. The average molecular weight is 302 g/mol. The Labute approximate surface area is 105 Å². The number of aliphatic hydroxyl groups excluding tert-OH is 3. The average Bonchev–Trinajstić information content (AvgIpc) is 2.30. The fourth-order valence-electron chi connectivity index (χ4n) is 2.15. The van der Waals surface area contributed by atoms with Crippen molar-refractivity contribution >= 4 is 16.4 Å². The molecule has 2 saturated heterocycles. The molecule has 0 spiro atoms. The Hall–Kier alpha value is 0.380. The van der Waals surface area contributed by atoms with Gasteiger partial charge in [-0.15, -0.1) is 0 Å². The molecule has 0 saturated carbocycles. The highest BCUT2D eigenvalue weighted by atomic mass is 31.4. The van der Waals surface area contributed by atoms with Crippen LogP contribution in [-0.4, -0.2) is 57.3 Å². The van der Waals surface area contributed by atoms with E-state index < -0.39 is 46.9 Å². The fourth-order valence-corrected chi connectivity index (χ4v) is 5.67. The standard InChI is InChI=1S/C8H16O8P2/c1-4-6(9)8(11)7(10)5(13-4)2-3-16-17-14-18(16,12)15-17/h4-12H,2-3H2,1H3/q+2/t4-,5-,6+,7+,8+,17?,18?/m0/s1. The Balaban J connectivity index is 1.55. The normalized spacial score (nSPS) is 55.4. The van der Waals surface area contributed by atoms with Crippen molar-refractivity contribution in [1.82, 2.24) is 0 Å². The molecule has 4 aliphatic heterocycles. The second kappa shape index (κ2) is 4.45. The van der Waals surface area contributed by atoms with Gasteiger partial charge in [0.05, 0.1) is 12.2 Å². The lowest BCUT2D eigenvalue weighted by molar-refractivity contribution is -0.222. The fraction of sp³-hybridized carbons (Fsp3) is 1.00. The first-order chi connectivity index (χ1) is 8.42. The molecular formula is C8H16O8P2+2. The van der Waals surface area contributed by atoms with Gasteiger partial charge in [0.15, 0.2) is 6.61 Å². The highest BCUT2D eigenvalue weighted by molar-refractivity contribution is 7.80. The lowest BCUT2D eigenvalue weighted by atomic mass is 9.94. The first-order valence-corrected chi connectivity index (χ1v) is 8.24. The molecule has 18 heavy (non-hydrogen) atoms.